The molecule has 2 heterocycles. The van der Waals surface area contributed by atoms with Gasteiger partial charge in [0.05, 0.1) is 24.6 Å². The summed E-state index contributed by atoms with van der Waals surface area (Å²) < 4.78 is 3.89. The SMILES string of the molecule is CCN(CC)CCCNC(=S)Nc1cnn(Cc2cnn(CC)c2C)c1. The van der Waals surface area contributed by atoms with Crippen molar-refractivity contribution in [2.45, 2.75) is 47.2 Å². The quantitative estimate of drug-likeness (QED) is 0.490. The van der Waals surface area contributed by atoms with Crippen molar-refractivity contribution in [3.05, 3.63) is 29.8 Å². The first-order valence-electron chi connectivity index (χ1n) is 9.38. The van der Waals surface area contributed by atoms with Gasteiger partial charge in [-0.15, -0.1) is 0 Å². The van der Waals surface area contributed by atoms with Crippen LogP contribution in [-0.4, -0.2) is 55.8 Å². The predicted octanol–water partition coefficient (Wildman–Crippen LogP) is 2.47. The van der Waals surface area contributed by atoms with Crippen molar-refractivity contribution < 1.29 is 0 Å². The molecule has 0 spiro atoms. The van der Waals surface area contributed by atoms with Gasteiger partial charge in [-0.1, -0.05) is 13.8 Å². The van der Waals surface area contributed by atoms with Gasteiger partial charge in [-0.25, -0.2) is 0 Å². The van der Waals surface area contributed by atoms with Crippen molar-refractivity contribution in [2.75, 3.05) is 31.5 Å². The largest absolute Gasteiger partial charge is 0.362 e. The summed E-state index contributed by atoms with van der Waals surface area (Å²) in [6, 6.07) is 0. The Labute approximate surface area is 161 Å². The number of hydrogen-bond acceptors (Lipinski definition) is 4. The van der Waals surface area contributed by atoms with Gasteiger partial charge < -0.3 is 15.5 Å². The highest BCUT2D eigenvalue weighted by Crippen LogP contribution is 2.11. The van der Waals surface area contributed by atoms with E-state index >= 15 is 0 Å². The Balaban J connectivity index is 1.76. The standard InChI is InChI=1S/C18H31N7S/c1-5-23(6-2)10-8-9-19-18(26)22-17-12-20-24(14-17)13-16-11-21-25(7-3)15(16)4/h11-12,14H,5-10,13H2,1-4H3,(H2,19,22,26). The number of rotatable bonds is 10. The summed E-state index contributed by atoms with van der Waals surface area (Å²) in [6.45, 7) is 14.3. The number of thiocarbonyl (C=S) groups is 1. The Bertz CT molecular complexity index is 688. The lowest BCUT2D eigenvalue weighted by atomic mass is 10.2. The molecular formula is C18H31N7S. The smallest absolute Gasteiger partial charge is 0.170 e. The van der Waals surface area contributed by atoms with Crippen LogP contribution in [-0.2, 0) is 13.1 Å². The fourth-order valence-electron chi connectivity index (χ4n) is 2.87. The molecule has 0 bridgehead atoms. The molecule has 0 atom stereocenters. The van der Waals surface area contributed by atoms with Gasteiger partial charge in [-0.3, -0.25) is 9.36 Å². The van der Waals surface area contributed by atoms with Gasteiger partial charge in [0.2, 0.25) is 0 Å². The molecule has 0 saturated heterocycles. The molecule has 7 nitrogen and oxygen atoms in total. The fraction of sp³-hybridized carbons (Fsp3) is 0.611. The van der Waals surface area contributed by atoms with E-state index in [2.05, 4.69) is 53.4 Å². The summed E-state index contributed by atoms with van der Waals surface area (Å²) in [4.78, 5) is 2.41. The molecule has 2 N–H and O–H groups in total. The molecule has 0 amide bonds. The normalized spacial score (nSPS) is 11.1. The van der Waals surface area contributed by atoms with Crippen molar-refractivity contribution >= 4 is 23.0 Å². The van der Waals surface area contributed by atoms with E-state index in [1.54, 1.807) is 6.20 Å². The lowest BCUT2D eigenvalue weighted by molar-refractivity contribution is 0.300. The lowest BCUT2D eigenvalue weighted by Gasteiger charge is -2.18. The van der Waals surface area contributed by atoms with Crippen LogP contribution in [0.4, 0.5) is 5.69 Å². The lowest BCUT2D eigenvalue weighted by Crippen LogP contribution is -2.32. The molecule has 0 fully saturated rings. The maximum atomic E-state index is 5.36. The van der Waals surface area contributed by atoms with Crippen LogP contribution in [0.1, 0.15) is 38.4 Å². The molecule has 2 aromatic heterocycles. The van der Waals surface area contributed by atoms with Crippen LogP contribution in [0.5, 0.6) is 0 Å². The Morgan fingerprint density at radius 2 is 1.96 bits per heavy atom. The first-order chi connectivity index (χ1) is 12.6. The highest BCUT2D eigenvalue weighted by molar-refractivity contribution is 7.80. The van der Waals surface area contributed by atoms with Crippen molar-refractivity contribution in [3.63, 3.8) is 0 Å². The molecule has 144 valence electrons. The summed E-state index contributed by atoms with van der Waals surface area (Å²) in [6.07, 6.45) is 6.75. The van der Waals surface area contributed by atoms with Crippen molar-refractivity contribution in [2.24, 2.45) is 0 Å². The zero-order chi connectivity index (χ0) is 18.9. The van der Waals surface area contributed by atoms with Crippen LogP contribution in [0.2, 0.25) is 0 Å². The third-order valence-electron chi connectivity index (χ3n) is 4.56. The second-order valence-corrected chi connectivity index (χ2v) is 6.67. The van der Waals surface area contributed by atoms with Gasteiger partial charge in [0.15, 0.2) is 5.11 Å². The van der Waals surface area contributed by atoms with Gasteiger partial charge in [-0.2, -0.15) is 10.2 Å². The number of nitrogens with one attached hydrogen (secondary N) is 2. The van der Waals surface area contributed by atoms with E-state index in [1.807, 2.05) is 21.8 Å². The first kappa shape index (κ1) is 20.4. The maximum Gasteiger partial charge on any atom is 0.170 e. The Hall–Kier alpha value is -1.93. The zero-order valence-corrected chi connectivity index (χ0v) is 17.1. The number of hydrogen-bond donors (Lipinski definition) is 2. The number of aryl methyl sites for hydroxylation is 1. The van der Waals surface area contributed by atoms with E-state index in [9.17, 15) is 0 Å². The molecule has 0 saturated carbocycles. The second-order valence-electron chi connectivity index (χ2n) is 6.26. The van der Waals surface area contributed by atoms with Gasteiger partial charge in [0.25, 0.3) is 0 Å². The monoisotopic (exact) mass is 377 g/mol. The molecule has 0 aliphatic heterocycles. The average molecular weight is 378 g/mol. The Kier molecular flexibility index (Phi) is 8.06. The van der Waals surface area contributed by atoms with Crippen LogP contribution in [0.25, 0.3) is 0 Å². The molecule has 0 aromatic carbocycles. The predicted molar refractivity (Wildman–Crippen MR) is 111 cm³/mol. The van der Waals surface area contributed by atoms with Crippen molar-refractivity contribution in [1.82, 2.24) is 29.8 Å². The van der Waals surface area contributed by atoms with Gasteiger partial charge >= 0.3 is 0 Å². The molecule has 0 radical (unpaired) electrons. The summed E-state index contributed by atoms with van der Waals surface area (Å²) in [5, 5.41) is 15.9. The molecule has 2 aromatic rings. The summed E-state index contributed by atoms with van der Waals surface area (Å²) in [5.74, 6) is 0. The molecule has 2 rings (SSSR count). The third kappa shape index (κ3) is 5.81. The summed E-state index contributed by atoms with van der Waals surface area (Å²) in [7, 11) is 0. The first-order valence-corrected chi connectivity index (χ1v) is 9.79. The van der Waals surface area contributed by atoms with Crippen molar-refractivity contribution in [3.8, 4) is 0 Å². The molecule has 0 aliphatic carbocycles. The second kappa shape index (κ2) is 10.3. The zero-order valence-electron chi connectivity index (χ0n) is 16.3. The van der Waals surface area contributed by atoms with Gasteiger partial charge in [0.1, 0.15) is 0 Å². The van der Waals surface area contributed by atoms with E-state index in [4.69, 9.17) is 12.2 Å². The maximum absolute atomic E-state index is 5.36. The summed E-state index contributed by atoms with van der Waals surface area (Å²) >= 11 is 5.36. The fourth-order valence-corrected chi connectivity index (χ4v) is 3.09. The number of nitrogens with zero attached hydrogens (tertiary/aromatic N) is 5. The Morgan fingerprint density at radius 1 is 1.19 bits per heavy atom. The molecule has 0 unspecified atom stereocenters. The van der Waals surface area contributed by atoms with E-state index in [1.165, 1.54) is 11.3 Å². The topological polar surface area (TPSA) is 62.9 Å². The van der Waals surface area contributed by atoms with Gasteiger partial charge in [0, 0.05) is 30.5 Å². The van der Waals surface area contributed by atoms with Crippen LogP contribution in [0, 0.1) is 6.92 Å². The van der Waals surface area contributed by atoms with E-state index in [-0.39, 0.29) is 0 Å². The van der Waals surface area contributed by atoms with E-state index in [0.29, 0.717) is 11.7 Å². The summed E-state index contributed by atoms with van der Waals surface area (Å²) in [5.41, 5.74) is 3.26. The van der Waals surface area contributed by atoms with Crippen LogP contribution >= 0.6 is 12.2 Å². The number of anilines is 1. The molecule has 0 aliphatic rings. The highest BCUT2D eigenvalue weighted by atomic mass is 32.1. The average Bonchev–Trinajstić information content (AvgIpc) is 3.22. The van der Waals surface area contributed by atoms with Crippen LogP contribution in [0.3, 0.4) is 0 Å². The highest BCUT2D eigenvalue weighted by Gasteiger charge is 2.07. The van der Waals surface area contributed by atoms with Crippen LogP contribution < -0.4 is 10.6 Å². The van der Waals surface area contributed by atoms with E-state index in [0.717, 1.165) is 44.8 Å². The minimum absolute atomic E-state index is 0.638. The minimum atomic E-state index is 0.638. The third-order valence-corrected chi connectivity index (χ3v) is 4.81. The molecule has 26 heavy (non-hydrogen) atoms. The van der Waals surface area contributed by atoms with E-state index < -0.39 is 0 Å². The number of aromatic nitrogens is 4. The molecular weight excluding hydrogens is 346 g/mol. The van der Waals surface area contributed by atoms with Gasteiger partial charge in [-0.05, 0) is 52.1 Å². The van der Waals surface area contributed by atoms with Crippen molar-refractivity contribution in [1.29, 1.82) is 0 Å². The molecule has 8 heteroatoms. The minimum Gasteiger partial charge on any atom is -0.362 e. The van der Waals surface area contributed by atoms with Crippen LogP contribution in [0.15, 0.2) is 18.6 Å². The Morgan fingerprint density at radius 3 is 2.62 bits per heavy atom.